The van der Waals surface area contributed by atoms with Crippen LogP contribution in [0, 0.1) is 5.92 Å². The number of carbonyl (C=O) groups is 1. The Balaban J connectivity index is 1.04. The normalized spacial score (nSPS) is 19.7. The number of para-hydroxylation sites is 1. The molecule has 33 heavy (non-hydrogen) atoms. The Morgan fingerprint density at radius 3 is 2.73 bits per heavy atom. The van der Waals surface area contributed by atoms with E-state index in [4.69, 9.17) is 0 Å². The molecular formula is C26H33N5OS. The first-order chi connectivity index (χ1) is 16.3. The summed E-state index contributed by atoms with van der Waals surface area (Å²) in [6, 6.07) is 14.9. The minimum absolute atomic E-state index is 0.0452. The number of benzene rings is 1. The molecule has 0 radical (unpaired) electrons. The van der Waals surface area contributed by atoms with E-state index in [1.165, 1.54) is 15.8 Å². The Hall–Kier alpha value is -2.64. The summed E-state index contributed by atoms with van der Waals surface area (Å²) < 4.78 is 1.26. The topological polar surface area (TPSA) is 51.7 Å². The minimum Gasteiger partial charge on any atom is -0.369 e. The number of carbonyl (C=O) groups excluding carboxylic acids is 1. The van der Waals surface area contributed by atoms with Crippen molar-refractivity contribution >= 4 is 38.8 Å². The molecule has 6 nitrogen and oxygen atoms in total. The third kappa shape index (κ3) is 5.31. The monoisotopic (exact) mass is 463 g/mol. The van der Waals surface area contributed by atoms with Gasteiger partial charge in [-0.1, -0.05) is 18.2 Å². The van der Waals surface area contributed by atoms with Crippen LogP contribution in [-0.4, -0.2) is 68.1 Å². The van der Waals surface area contributed by atoms with Crippen LogP contribution in [-0.2, 0) is 4.79 Å². The number of hydrogen-bond donors (Lipinski definition) is 1. The van der Waals surface area contributed by atoms with Gasteiger partial charge in [0, 0.05) is 67.8 Å². The molecule has 1 aromatic carbocycles. The van der Waals surface area contributed by atoms with Gasteiger partial charge in [-0.2, -0.15) is 0 Å². The van der Waals surface area contributed by atoms with E-state index in [9.17, 15) is 4.79 Å². The molecule has 174 valence electrons. The zero-order valence-corrected chi connectivity index (χ0v) is 20.0. The molecule has 2 fully saturated rings. The number of anilines is 2. The van der Waals surface area contributed by atoms with Crippen molar-refractivity contribution in [2.24, 2.45) is 5.92 Å². The zero-order chi connectivity index (χ0) is 22.5. The number of nitrogens with zero attached hydrogens (tertiary/aromatic N) is 4. The molecule has 7 heteroatoms. The molecule has 4 heterocycles. The lowest BCUT2D eigenvalue weighted by Crippen LogP contribution is -2.47. The van der Waals surface area contributed by atoms with Crippen LogP contribution >= 0.6 is 11.3 Å². The summed E-state index contributed by atoms with van der Waals surface area (Å²) in [5.74, 6) is 1.27. The van der Waals surface area contributed by atoms with Gasteiger partial charge in [0.05, 0.1) is 5.92 Å². The van der Waals surface area contributed by atoms with Crippen molar-refractivity contribution in [3.05, 3.63) is 54.0 Å². The van der Waals surface area contributed by atoms with Crippen molar-refractivity contribution < 1.29 is 4.79 Å². The molecule has 0 unspecified atom stereocenters. The van der Waals surface area contributed by atoms with Crippen LogP contribution in [0.25, 0.3) is 10.1 Å². The second kappa shape index (κ2) is 10.5. The lowest BCUT2D eigenvalue weighted by Gasteiger charge is -2.36. The number of rotatable bonds is 7. The number of fused-ring (bicyclic) bond motifs is 1. The molecule has 5 rings (SSSR count). The molecule has 2 aliphatic rings. The first-order valence-corrected chi connectivity index (χ1v) is 13.0. The smallest absolute Gasteiger partial charge is 0.224 e. The Bertz CT molecular complexity index is 1050. The summed E-state index contributed by atoms with van der Waals surface area (Å²) in [4.78, 5) is 24.8. The fraction of sp³-hybridized carbons (Fsp3) is 0.462. The van der Waals surface area contributed by atoms with Crippen LogP contribution in [0.5, 0.6) is 0 Å². The molecule has 2 saturated heterocycles. The minimum atomic E-state index is 0.0452. The molecule has 0 bridgehead atoms. The molecule has 0 aliphatic carbocycles. The number of piperidine rings is 1. The van der Waals surface area contributed by atoms with E-state index < -0.39 is 0 Å². The standard InChI is InChI=1S/C26H33N5OS/c32-26(21-6-4-14-31(20-21)25-23-10-19-33-24(23)9-12-27-25)28-11-5-13-29-15-17-30(18-16-29)22-7-2-1-3-8-22/h1-3,7-10,12,19,21H,4-6,11,13-18,20H2,(H,28,32)/t21-/m0/s1. The summed E-state index contributed by atoms with van der Waals surface area (Å²) in [6.07, 6.45) is 4.89. The molecule has 2 aromatic heterocycles. The molecule has 1 amide bonds. The van der Waals surface area contributed by atoms with Gasteiger partial charge in [-0.25, -0.2) is 4.98 Å². The maximum atomic E-state index is 12.9. The molecular weight excluding hydrogens is 430 g/mol. The second-order valence-corrected chi connectivity index (χ2v) is 10.0. The highest BCUT2D eigenvalue weighted by molar-refractivity contribution is 7.17. The van der Waals surface area contributed by atoms with Gasteiger partial charge >= 0.3 is 0 Å². The molecule has 2 aliphatic heterocycles. The van der Waals surface area contributed by atoms with E-state index in [-0.39, 0.29) is 11.8 Å². The lowest BCUT2D eigenvalue weighted by atomic mass is 9.97. The summed E-state index contributed by atoms with van der Waals surface area (Å²) >= 11 is 1.74. The quantitative estimate of drug-likeness (QED) is 0.540. The van der Waals surface area contributed by atoms with Crippen molar-refractivity contribution in [1.82, 2.24) is 15.2 Å². The summed E-state index contributed by atoms with van der Waals surface area (Å²) in [5, 5.41) is 6.53. The summed E-state index contributed by atoms with van der Waals surface area (Å²) in [7, 11) is 0. The van der Waals surface area contributed by atoms with Gasteiger partial charge in [0.25, 0.3) is 0 Å². The molecule has 1 atom stereocenters. The first-order valence-electron chi connectivity index (χ1n) is 12.1. The maximum absolute atomic E-state index is 12.9. The first kappa shape index (κ1) is 22.2. The predicted molar refractivity (Wildman–Crippen MR) is 137 cm³/mol. The Kier molecular flexibility index (Phi) is 7.07. The van der Waals surface area contributed by atoms with Gasteiger partial charge in [-0.05, 0) is 55.5 Å². The van der Waals surface area contributed by atoms with Crippen LogP contribution in [0.2, 0.25) is 0 Å². The fourth-order valence-electron chi connectivity index (χ4n) is 5.04. The van der Waals surface area contributed by atoms with Gasteiger partial charge < -0.3 is 15.1 Å². The van der Waals surface area contributed by atoms with Crippen LogP contribution in [0.1, 0.15) is 19.3 Å². The van der Waals surface area contributed by atoms with Crippen molar-refractivity contribution in [3.63, 3.8) is 0 Å². The van der Waals surface area contributed by atoms with Crippen LogP contribution in [0.4, 0.5) is 11.5 Å². The van der Waals surface area contributed by atoms with E-state index in [1.807, 2.05) is 6.20 Å². The Labute approximate surface area is 200 Å². The lowest BCUT2D eigenvalue weighted by molar-refractivity contribution is -0.125. The Morgan fingerprint density at radius 2 is 1.88 bits per heavy atom. The van der Waals surface area contributed by atoms with Crippen molar-refractivity contribution in [1.29, 1.82) is 0 Å². The zero-order valence-electron chi connectivity index (χ0n) is 19.2. The van der Waals surface area contributed by atoms with E-state index >= 15 is 0 Å². The number of hydrogen-bond acceptors (Lipinski definition) is 6. The molecule has 3 aromatic rings. The van der Waals surface area contributed by atoms with Gasteiger partial charge in [-0.3, -0.25) is 9.69 Å². The highest BCUT2D eigenvalue weighted by atomic mass is 32.1. The third-order valence-corrected chi connectivity index (χ3v) is 7.78. The number of thiophene rings is 1. The molecule has 0 saturated carbocycles. The number of nitrogens with one attached hydrogen (secondary N) is 1. The highest BCUT2D eigenvalue weighted by Gasteiger charge is 2.27. The fourth-order valence-corrected chi connectivity index (χ4v) is 5.82. The number of piperazine rings is 1. The second-order valence-electron chi connectivity index (χ2n) is 9.06. The maximum Gasteiger partial charge on any atom is 0.224 e. The van der Waals surface area contributed by atoms with Crippen molar-refractivity contribution in [2.75, 3.05) is 62.2 Å². The SMILES string of the molecule is O=C(NCCCN1CCN(c2ccccc2)CC1)[C@H]1CCCN(c2nccc3sccc23)C1. The van der Waals surface area contributed by atoms with Crippen LogP contribution < -0.4 is 15.1 Å². The van der Waals surface area contributed by atoms with E-state index in [2.05, 4.69) is 72.8 Å². The number of pyridine rings is 1. The van der Waals surface area contributed by atoms with Gasteiger partial charge in [0.2, 0.25) is 5.91 Å². The van der Waals surface area contributed by atoms with Gasteiger partial charge in [0.15, 0.2) is 0 Å². The van der Waals surface area contributed by atoms with Crippen LogP contribution in [0.15, 0.2) is 54.0 Å². The van der Waals surface area contributed by atoms with E-state index in [0.717, 1.165) is 77.4 Å². The highest BCUT2D eigenvalue weighted by Crippen LogP contribution is 2.31. The van der Waals surface area contributed by atoms with E-state index in [0.29, 0.717) is 0 Å². The van der Waals surface area contributed by atoms with E-state index in [1.54, 1.807) is 11.3 Å². The average Bonchev–Trinajstić information content (AvgIpc) is 3.37. The van der Waals surface area contributed by atoms with Gasteiger partial charge in [-0.15, -0.1) is 11.3 Å². The molecule has 1 N–H and O–H groups in total. The predicted octanol–water partition coefficient (Wildman–Crippen LogP) is 3.84. The number of aromatic nitrogens is 1. The summed E-state index contributed by atoms with van der Waals surface area (Å²) in [5.41, 5.74) is 1.32. The van der Waals surface area contributed by atoms with Crippen molar-refractivity contribution in [3.8, 4) is 0 Å². The van der Waals surface area contributed by atoms with Crippen LogP contribution in [0.3, 0.4) is 0 Å². The largest absolute Gasteiger partial charge is 0.369 e. The average molecular weight is 464 g/mol. The third-order valence-electron chi connectivity index (χ3n) is 6.89. The number of amides is 1. The molecule has 0 spiro atoms. The van der Waals surface area contributed by atoms with Gasteiger partial charge in [0.1, 0.15) is 5.82 Å². The van der Waals surface area contributed by atoms with Crippen molar-refractivity contribution in [2.45, 2.75) is 19.3 Å². The Morgan fingerprint density at radius 1 is 1.03 bits per heavy atom. The summed E-state index contributed by atoms with van der Waals surface area (Å²) in [6.45, 7) is 7.84.